The highest BCUT2D eigenvalue weighted by atomic mass is 19.4. The van der Waals surface area contributed by atoms with Gasteiger partial charge in [-0.05, 0) is 59.9 Å². The Morgan fingerprint density at radius 1 is 0.907 bits per heavy atom. The summed E-state index contributed by atoms with van der Waals surface area (Å²) in [4.78, 5) is 40.1. The van der Waals surface area contributed by atoms with E-state index in [9.17, 15) is 40.7 Å². The molecule has 0 radical (unpaired) electrons. The third-order valence-corrected chi connectivity index (χ3v) is 6.30. The quantitative estimate of drug-likeness (QED) is 0.201. The molecule has 0 aliphatic carbocycles. The number of anilines is 1. The summed E-state index contributed by atoms with van der Waals surface area (Å²) < 4.78 is 80.8. The number of carboxylic acids is 1. The van der Waals surface area contributed by atoms with Gasteiger partial charge < -0.3 is 20.5 Å². The van der Waals surface area contributed by atoms with Gasteiger partial charge in [-0.3, -0.25) is 14.4 Å². The first-order chi connectivity index (χ1) is 20.2. The molecule has 2 amide bonds. The first kappa shape index (κ1) is 32.9. The molecule has 0 aliphatic heterocycles. The second kappa shape index (κ2) is 14.0. The van der Waals surface area contributed by atoms with Gasteiger partial charge in [0.25, 0.3) is 5.91 Å². The van der Waals surface area contributed by atoms with E-state index in [1.165, 1.54) is 24.3 Å². The number of alkyl halides is 6. The number of carbonyl (C=O) groups excluding carboxylic acids is 2. The number of aliphatic carboxylic acids is 1. The summed E-state index contributed by atoms with van der Waals surface area (Å²) >= 11 is 0. The summed E-state index contributed by atoms with van der Waals surface area (Å²) in [6.45, 7) is 1.77. The number of nitrogens with zero attached hydrogens (tertiary/aromatic N) is 1. The Morgan fingerprint density at radius 2 is 1.53 bits per heavy atom. The lowest BCUT2D eigenvalue weighted by Gasteiger charge is -2.27. The Labute approximate surface area is 242 Å². The van der Waals surface area contributed by atoms with E-state index >= 15 is 0 Å². The topological polar surface area (TPSA) is 118 Å². The minimum absolute atomic E-state index is 0.0244. The molecule has 1 aromatic heterocycles. The molecule has 43 heavy (non-hydrogen) atoms. The maximum atomic E-state index is 13.7. The Bertz CT molecular complexity index is 1390. The molecule has 3 N–H and O–H groups in total. The summed E-state index contributed by atoms with van der Waals surface area (Å²) in [6.07, 6.45) is -8.04. The zero-order valence-corrected chi connectivity index (χ0v) is 22.6. The molecule has 3 aromatic rings. The van der Waals surface area contributed by atoms with Crippen LogP contribution in [0, 0.1) is 0 Å². The molecule has 0 fully saturated rings. The third kappa shape index (κ3) is 9.72. The van der Waals surface area contributed by atoms with Crippen LogP contribution in [0.4, 0.5) is 32.0 Å². The number of ether oxygens (including phenoxy) is 1. The van der Waals surface area contributed by atoms with E-state index in [0.29, 0.717) is 30.0 Å². The van der Waals surface area contributed by atoms with Crippen molar-refractivity contribution >= 4 is 23.5 Å². The van der Waals surface area contributed by atoms with E-state index in [2.05, 4.69) is 20.4 Å². The lowest BCUT2D eigenvalue weighted by Crippen LogP contribution is -2.27. The molecule has 0 aliphatic rings. The van der Waals surface area contributed by atoms with Crippen molar-refractivity contribution in [1.29, 1.82) is 0 Å². The second-order valence-corrected chi connectivity index (χ2v) is 9.43. The van der Waals surface area contributed by atoms with Gasteiger partial charge in [0, 0.05) is 12.1 Å². The van der Waals surface area contributed by atoms with Crippen LogP contribution >= 0.6 is 0 Å². The number of halogens is 6. The Kier molecular flexibility index (Phi) is 10.7. The molecule has 14 heteroatoms. The Balaban J connectivity index is 1.95. The van der Waals surface area contributed by atoms with Crippen molar-refractivity contribution < 1.29 is 50.6 Å². The fourth-order valence-electron chi connectivity index (χ4n) is 4.40. The molecule has 2 atom stereocenters. The average Bonchev–Trinajstić information content (AvgIpc) is 2.92. The highest BCUT2D eigenvalue weighted by Crippen LogP contribution is 2.39. The molecule has 0 saturated carbocycles. The molecule has 8 nitrogen and oxygen atoms in total. The Hall–Kier alpha value is -4.62. The van der Waals surface area contributed by atoms with Crippen LogP contribution in [0.1, 0.15) is 65.2 Å². The number of benzene rings is 2. The van der Waals surface area contributed by atoms with Crippen molar-refractivity contribution in [3.63, 3.8) is 0 Å². The third-order valence-electron chi connectivity index (χ3n) is 6.30. The molecule has 2 aromatic carbocycles. The predicted molar refractivity (Wildman–Crippen MR) is 142 cm³/mol. The van der Waals surface area contributed by atoms with E-state index in [1.54, 1.807) is 12.1 Å². The number of hydrogen-bond donors (Lipinski definition) is 3. The van der Waals surface area contributed by atoms with Gasteiger partial charge in [-0.1, -0.05) is 37.6 Å². The van der Waals surface area contributed by atoms with Crippen LogP contribution in [-0.4, -0.2) is 40.8 Å². The summed E-state index contributed by atoms with van der Waals surface area (Å²) in [5.74, 6) is -4.35. The lowest BCUT2D eigenvalue weighted by molar-refractivity contribution is -0.274. The highest BCUT2D eigenvalue weighted by Gasteiger charge is 2.34. The van der Waals surface area contributed by atoms with Gasteiger partial charge in [0.05, 0.1) is 24.2 Å². The van der Waals surface area contributed by atoms with Crippen molar-refractivity contribution in [2.75, 3.05) is 11.9 Å². The van der Waals surface area contributed by atoms with E-state index in [4.69, 9.17) is 5.11 Å². The molecule has 0 saturated heterocycles. The standard InChI is InChI=1S/C29H27F6N3O5/c1-2-3-22(17-4-6-19(7-5-17)26(41)36-15-14-24(39)40)25(18-8-11-21(12-9-18)43-29(33,34)35)27(42)38-20-10-13-23(37-16-20)28(30,31)32/h4-13,16,22,25H,2-3,14-15H2,1H3,(H,36,41)(H,38,42)(H,39,40)/t22?,25-/m1/s1. The molecule has 0 bridgehead atoms. The van der Waals surface area contributed by atoms with Crippen molar-refractivity contribution in [3.8, 4) is 5.75 Å². The number of carboxylic acid groups (broad SMARTS) is 1. The fourth-order valence-corrected chi connectivity index (χ4v) is 4.40. The van der Waals surface area contributed by atoms with Crippen molar-refractivity contribution in [1.82, 2.24) is 10.3 Å². The summed E-state index contributed by atoms with van der Waals surface area (Å²) in [5.41, 5.74) is -0.0390. The summed E-state index contributed by atoms with van der Waals surface area (Å²) in [6, 6.07) is 12.6. The van der Waals surface area contributed by atoms with Gasteiger partial charge in [-0.2, -0.15) is 13.2 Å². The van der Waals surface area contributed by atoms with Crippen LogP contribution in [0.3, 0.4) is 0 Å². The molecule has 1 unspecified atom stereocenters. The minimum Gasteiger partial charge on any atom is -0.481 e. The average molecular weight is 612 g/mol. The number of amides is 2. The van der Waals surface area contributed by atoms with Gasteiger partial charge in [-0.15, -0.1) is 13.2 Å². The van der Waals surface area contributed by atoms with Gasteiger partial charge in [0.15, 0.2) is 0 Å². The smallest absolute Gasteiger partial charge is 0.481 e. The van der Waals surface area contributed by atoms with E-state index in [-0.39, 0.29) is 24.2 Å². The first-order valence-electron chi connectivity index (χ1n) is 13.0. The van der Waals surface area contributed by atoms with Gasteiger partial charge >= 0.3 is 18.5 Å². The summed E-state index contributed by atoms with van der Waals surface area (Å²) in [5, 5.41) is 13.8. The number of rotatable bonds is 12. The van der Waals surface area contributed by atoms with Crippen molar-refractivity contribution in [2.24, 2.45) is 0 Å². The summed E-state index contributed by atoms with van der Waals surface area (Å²) in [7, 11) is 0. The lowest BCUT2D eigenvalue weighted by atomic mass is 9.78. The van der Waals surface area contributed by atoms with E-state index < -0.39 is 53.6 Å². The normalized spacial score (nSPS) is 13.1. The van der Waals surface area contributed by atoms with Gasteiger partial charge in [-0.25, -0.2) is 4.98 Å². The maximum absolute atomic E-state index is 13.7. The Morgan fingerprint density at radius 3 is 2.05 bits per heavy atom. The fraction of sp³-hybridized carbons (Fsp3) is 0.310. The zero-order chi connectivity index (χ0) is 31.8. The second-order valence-electron chi connectivity index (χ2n) is 9.43. The SMILES string of the molecule is CCCC(c1ccc(C(=O)NCCC(=O)O)cc1)[C@H](C(=O)Nc1ccc(C(F)(F)F)nc1)c1ccc(OC(F)(F)F)cc1. The van der Waals surface area contributed by atoms with Crippen LogP contribution in [0.25, 0.3) is 0 Å². The monoisotopic (exact) mass is 611 g/mol. The van der Waals surface area contributed by atoms with Crippen molar-refractivity contribution in [2.45, 2.75) is 50.6 Å². The molecule has 3 rings (SSSR count). The zero-order valence-electron chi connectivity index (χ0n) is 22.6. The van der Waals surface area contributed by atoms with Crippen LogP contribution in [-0.2, 0) is 15.8 Å². The van der Waals surface area contributed by atoms with Gasteiger partial charge in [0.2, 0.25) is 5.91 Å². The first-order valence-corrected chi connectivity index (χ1v) is 13.0. The highest BCUT2D eigenvalue weighted by molar-refractivity contribution is 5.97. The van der Waals surface area contributed by atoms with Crippen molar-refractivity contribution in [3.05, 3.63) is 89.2 Å². The molecular weight excluding hydrogens is 584 g/mol. The number of carbonyl (C=O) groups is 3. The van der Waals surface area contributed by atoms with Gasteiger partial charge in [0.1, 0.15) is 11.4 Å². The van der Waals surface area contributed by atoms with E-state index in [0.717, 1.165) is 24.4 Å². The molecule has 0 spiro atoms. The van der Waals surface area contributed by atoms with Crippen LogP contribution in [0.2, 0.25) is 0 Å². The largest absolute Gasteiger partial charge is 0.573 e. The minimum atomic E-state index is -4.93. The molecule has 1 heterocycles. The number of pyridine rings is 1. The molecular formula is C29H27F6N3O5. The van der Waals surface area contributed by atoms with Crippen LogP contribution < -0.4 is 15.4 Å². The number of hydrogen-bond acceptors (Lipinski definition) is 5. The molecule has 230 valence electrons. The number of aromatic nitrogens is 1. The van der Waals surface area contributed by atoms with E-state index in [1.807, 2.05) is 6.92 Å². The maximum Gasteiger partial charge on any atom is 0.573 e. The predicted octanol–water partition coefficient (Wildman–Crippen LogP) is 6.51. The van der Waals surface area contributed by atoms with Crippen LogP contribution in [0.5, 0.6) is 5.75 Å². The number of nitrogens with one attached hydrogen (secondary N) is 2. The van der Waals surface area contributed by atoms with Crippen LogP contribution in [0.15, 0.2) is 66.9 Å².